The summed E-state index contributed by atoms with van der Waals surface area (Å²) >= 11 is 1.48. The maximum absolute atomic E-state index is 9.41. The van der Waals surface area contributed by atoms with Gasteiger partial charge in [0, 0.05) is 29.4 Å². The molecule has 0 aliphatic rings. The van der Waals surface area contributed by atoms with Crippen LogP contribution in [-0.4, -0.2) is 64.2 Å². The van der Waals surface area contributed by atoms with Gasteiger partial charge < -0.3 is 24.3 Å². The lowest BCUT2D eigenvalue weighted by Gasteiger charge is -2.03. The number of fused-ring (bicyclic) bond motifs is 3. The summed E-state index contributed by atoms with van der Waals surface area (Å²) in [5.41, 5.74) is 9.95. The number of para-hydroxylation sites is 3. The van der Waals surface area contributed by atoms with Crippen LogP contribution in [0.5, 0.6) is 0 Å². The molecule has 0 aliphatic heterocycles. The zero-order valence-electron chi connectivity index (χ0n) is 38.2. The molecule has 0 saturated carbocycles. The van der Waals surface area contributed by atoms with E-state index in [1.54, 1.807) is 12.4 Å². The van der Waals surface area contributed by atoms with E-state index in [0.29, 0.717) is 30.4 Å². The highest BCUT2D eigenvalue weighted by Crippen LogP contribution is 2.32. The Labute approximate surface area is 406 Å². The molecule has 14 nitrogen and oxygen atoms in total. The van der Waals surface area contributed by atoms with Gasteiger partial charge in [-0.3, -0.25) is 14.0 Å². The van der Waals surface area contributed by atoms with E-state index in [1.807, 2.05) is 129 Å². The first-order valence-corrected chi connectivity index (χ1v) is 23.5. The Balaban J connectivity index is 0.000000122. The topological polar surface area (TPSA) is 171 Å². The van der Waals surface area contributed by atoms with E-state index < -0.39 is 0 Å². The first-order valence-electron chi connectivity index (χ1n) is 22.7. The minimum atomic E-state index is -0.171. The highest BCUT2D eigenvalue weighted by Gasteiger charge is 2.19. The second-order valence-electron chi connectivity index (χ2n) is 16.4. The van der Waals surface area contributed by atoms with Crippen LogP contribution in [0.4, 0.5) is 0 Å². The number of aromatic nitrogens is 10. The normalized spacial score (nSPS) is 11.2. The van der Waals surface area contributed by atoms with E-state index in [4.69, 9.17) is 19.7 Å². The third kappa shape index (κ3) is 9.68. The minimum absolute atomic E-state index is 0.0142. The number of aliphatic hydroxyl groups is 3. The number of thiazole rings is 1. The molecule has 3 N–H and O–H groups in total. The molecule has 0 spiro atoms. The van der Waals surface area contributed by atoms with E-state index in [1.165, 1.54) is 34.2 Å². The lowest BCUT2D eigenvalue weighted by Crippen LogP contribution is -2.03. The third-order valence-electron chi connectivity index (χ3n) is 11.8. The average Bonchev–Trinajstić information content (AvgIpc) is 4.30. The lowest BCUT2D eigenvalue weighted by molar-refractivity contribution is 0.248. The van der Waals surface area contributed by atoms with E-state index >= 15 is 0 Å². The van der Waals surface area contributed by atoms with Crippen molar-refractivity contribution in [3.63, 3.8) is 0 Å². The molecule has 0 atom stereocenters. The zero-order chi connectivity index (χ0) is 47.8. The van der Waals surface area contributed by atoms with E-state index in [0.717, 1.165) is 72.0 Å². The lowest BCUT2D eigenvalue weighted by atomic mass is 10.2. The van der Waals surface area contributed by atoms with Crippen molar-refractivity contribution in [3.8, 4) is 33.8 Å². The van der Waals surface area contributed by atoms with E-state index in [9.17, 15) is 10.2 Å². The molecule has 12 aromatic rings. The Kier molecular flexibility index (Phi) is 13.6. The van der Waals surface area contributed by atoms with Crippen molar-refractivity contribution < 1.29 is 19.7 Å². The van der Waals surface area contributed by atoms with Crippen LogP contribution in [0, 0.1) is 0 Å². The van der Waals surface area contributed by atoms with Gasteiger partial charge in [0.15, 0.2) is 11.5 Å². The summed E-state index contributed by atoms with van der Waals surface area (Å²) in [7, 11) is 1.90. The number of benzene rings is 6. The monoisotopic (exact) mass is 944 g/mol. The van der Waals surface area contributed by atoms with Crippen molar-refractivity contribution >= 4 is 44.0 Å². The number of oxazole rings is 1. The van der Waals surface area contributed by atoms with Gasteiger partial charge in [-0.2, -0.15) is 15.3 Å². The van der Waals surface area contributed by atoms with Gasteiger partial charge in [0.05, 0.1) is 72.4 Å². The Morgan fingerprint density at radius 3 is 1.37 bits per heavy atom. The molecule has 6 aromatic heterocycles. The summed E-state index contributed by atoms with van der Waals surface area (Å²) in [4.78, 5) is 13.9. The number of rotatable bonds is 12. The maximum Gasteiger partial charge on any atom is 0.247 e. The zero-order valence-corrected chi connectivity index (χ0v) is 39.0. The molecule has 70 heavy (non-hydrogen) atoms. The van der Waals surface area contributed by atoms with Gasteiger partial charge in [0.1, 0.15) is 28.8 Å². The number of hydrogen-bond donors (Lipinski definition) is 3. The van der Waals surface area contributed by atoms with E-state index in [2.05, 4.69) is 80.7 Å². The van der Waals surface area contributed by atoms with Crippen LogP contribution in [0.3, 0.4) is 0 Å². The van der Waals surface area contributed by atoms with Gasteiger partial charge in [-0.15, -0.1) is 11.3 Å². The molecule has 0 unspecified atom stereocenters. The predicted octanol–water partition coefficient (Wildman–Crippen LogP) is 9.91. The first-order chi connectivity index (χ1) is 34.5. The summed E-state index contributed by atoms with van der Waals surface area (Å²) in [6.07, 6.45) is 4.94. The Morgan fingerprint density at radius 2 is 0.914 bits per heavy atom. The molecular weight excluding hydrogens is 897 g/mol. The quantitative estimate of drug-likeness (QED) is 0.107. The molecule has 0 amide bonds. The van der Waals surface area contributed by atoms with Gasteiger partial charge in [-0.25, -0.2) is 15.0 Å². The van der Waals surface area contributed by atoms with Crippen LogP contribution in [0.1, 0.15) is 33.0 Å². The van der Waals surface area contributed by atoms with Crippen molar-refractivity contribution in [2.75, 3.05) is 0 Å². The molecular formula is C55H48N10O4S. The van der Waals surface area contributed by atoms with Crippen molar-refractivity contribution in [3.05, 3.63) is 215 Å². The Hall–Kier alpha value is -8.34. The Bertz CT molecular complexity index is 3470. The van der Waals surface area contributed by atoms with Crippen LogP contribution in [0.2, 0.25) is 0 Å². The summed E-state index contributed by atoms with van der Waals surface area (Å²) in [6, 6.07) is 55.1. The smallest absolute Gasteiger partial charge is 0.247 e. The molecule has 0 bridgehead atoms. The highest BCUT2D eigenvalue weighted by molar-refractivity contribution is 7.15. The predicted molar refractivity (Wildman–Crippen MR) is 272 cm³/mol. The van der Waals surface area contributed by atoms with Crippen LogP contribution in [-0.2, 0) is 46.5 Å². The molecule has 0 saturated heterocycles. The standard InChI is InChI=1S/C19H18N4O.C18H15N3O2.C18H15N3OS/c1-22-15(13-24)11-20-19(22)18-16-9-5-6-10-17(16)23(21-18)12-14-7-3-2-4-8-14;2*22-12-14-10-19-18(23-14)17-15-8-4-5-9-16(15)21(20-17)11-13-6-2-1-3-7-13/h2-11,24H,12-13H2,1H3;2*1-10,22H,11-12H2. The molecule has 6 aromatic carbocycles. The third-order valence-corrected chi connectivity index (χ3v) is 12.8. The van der Waals surface area contributed by atoms with Crippen LogP contribution < -0.4 is 0 Å². The summed E-state index contributed by atoms with van der Waals surface area (Å²) in [6.45, 7) is 1.91. The summed E-state index contributed by atoms with van der Waals surface area (Å²) < 4.78 is 13.4. The highest BCUT2D eigenvalue weighted by atomic mass is 32.1. The summed E-state index contributed by atoms with van der Waals surface area (Å²) in [5.74, 6) is 1.63. The van der Waals surface area contributed by atoms with Gasteiger partial charge in [0.2, 0.25) is 5.89 Å². The van der Waals surface area contributed by atoms with Crippen molar-refractivity contribution in [1.82, 2.24) is 48.9 Å². The van der Waals surface area contributed by atoms with Gasteiger partial charge in [0.25, 0.3) is 0 Å². The number of aliphatic hydroxyl groups excluding tert-OH is 3. The largest absolute Gasteiger partial charge is 0.437 e. The SMILES string of the molecule is Cn1c(CO)cnc1-c1nn(Cc2ccccc2)c2ccccc12.OCc1cnc(-c2nn(Cc3ccccc3)c3ccccc23)o1.OCc1cnc(-c2nn(Cc3ccccc3)c3ccccc23)s1. The summed E-state index contributed by atoms with van der Waals surface area (Å²) in [5, 5.41) is 46.1. The first kappa shape index (κ1) is 45.4. The number of nitrogens with zero attached hydrogens (tertiary/aromatic N) is 10. The van der Waals surface area contributed by atoms with Crippen molar-refractivity contribution in [1.29, 1.82) is 0 Å². The van der Waals surface area contributed by atoms with Crippen LogP contribution in [0.15, 0.2) is 187 Å². The molecule has 348 valence electrons. The average molecular weight is 945 g/mol. The Morgan fingerprint density at radius 1 is 0.457 bits per heavy atom. The van der Waals surface area contributed by atoms with Gasteiger partial charge >= 0.3 is 0 Å². The second kappa shape index (κ2) is 20.9. The molecule has 0 fully saturated rings. The van der Waals surface area contributed by atoms with Gasteiger partial charge in [-0.05, 0) is 34.9 Å². The molecule has 6 heterocycles. The van der Waals surface area contributed by atoms with Crippen molar-refractivity contribution in [2.24, 2.45) is 7.05 Å². The van der Waals surface area contributed by atoms with E-state index in [-0.39, 0.29) is 19.8 Å². The van der Waals surface area contributed by atoms with Crippen molar-refractivity contribution in [2.45, 2.75) is 39.5 Å². The fourth-order valence-corrected chi connectivity index (χ4v) is 9.06. The fraction of sp³-hybridized carbons (Fsp3) is 0.127. The molecule has 12 rings (SSSR count). The molecule has 0 aliphatic carbocycles. The maximum atomic E-state index is 9.41. The molecule has 15 heteroatoms. The number of hydrogen-bond acceptors (Lipinski definition) is 11. The van der Waals surface area contributed by atoms with Gasteiger partial charge in [-0.1, -0.05) is 146 Å². The number of imidazole rings is 1. The fourth-order valence-electron chi connectivity index (χ4n) is 8.29. The minimum Gasteiger partial charge on any atom is -0.437 e. The molecule has 0 radical (unpaired) electrons. The van der Waals surface area contributed by atoms with Crippen LogP contribution in [0.25, 0.3) is 66.5 Å². The van der Waals surface area contributed by atoms with Crippen LogP contribution >= 0.6 is 11.3 Å². The second-order valence-corrected chi connectivity index (χ2v) is 17.5.